The van der Waals surface area contributed by atoms with Crippen molar-refractivity contribution in [2.24, 2.45) is 0 Å². The second kappa shape index (κ2) is 15.0. The molecule has 1 aromatic carbocycles. The Hall–Kier alpha value is -2.60. The summed E-state index contributed by atoms with van der Waals surface area (Å²) < 4.78 is 43.5. The van der Waals surface area contributed by atoms with Crippen molar-refractivity contribution < 1.29 is 69.4 Å². The summed E-state index contributed by atoms with van der Waals surface area (Å²) >= 11 is 0. The predicted molar refractivity (Wildman–Crippen MR) is 148 cm³/mol. The van der Waals surface area contributed by atoms with Gasteiger partial charge < -0.3 is 16.0 Å². The minimum absolute atomic E-state index is 0. The number of halogens is 3. The molecule has 1 amide bonds. The van der Waals surface area contributed by atoms with E-state index in [0.29, 0.717) is 24.3 Å². The molecule has 5 rings (SSSR count). The van der Waals surface area contributed by atoms with E-state index in [1.165, 1.54) is 31.6 Å². The van der Waals surface area contributed by atoms with E-state index in [1.54, 1.807) is 12.3 Å². The van der Waals surface area contributed by atoms with Gasteiger partial charge in [-0.25, -0.2) is 4.98 Å². The van der Waals surface area contributed by atoms with Crippen molar-refractivity contribution in [3.63, 3.8) is 0 Å². The zero-order valence-corrected chi connectivity index (χ0v) is 26.3. The van der Waals surface area contributed by atoms with Crippen molar-refractivity contribution in [3.05, 3.63) is 101 Å². The molecule has 0 radical (unpaired) electrons. The molecule has 4 aromatic rings. The van der Waals surface area contributed by atoms with Crippen LogP contribution in [0.15, 0.2) is 67.3 Å². The number of piperazine rings is 1. The van der Waals surface area contributed by atoms with Crippen molar-refractivity contribution in [1.29, 1.82) is 0 Å². The van der Waals surface area contributed by atoms with Crippen molar-refractivity contribution >= 4 is 17.2 Å². The van der Waals surface area contributed by atoms with Crippen molar-refractivity contribution in [3.8, 4) is 11.8 Å². The molecular formula is C29H29F3KN7O. The van der Waals surface area contributed by atoms with Crippen molar-refractivity contribution in [2.45, 2.75) is 12.7 Å². The summed E-state index contributed by atoms with van der Waals surface area (Å²) in [6.07, 6.45) is 1.82. The summed E-state index contributed by atoms with van der Waals surface area (Å²) in [4.78, 5) is 25.4. The van der Waals surface area contributed by atoms with E-state index >= 15 is 0 Å². The molecule has 0 unspecified atom stereocenters. The van der Waals surface area contributed by atoms with Crippen LogP contribution in [0, 0.1) is 11.8 Å². The zero-order valence-electron chi connectivity index (χ0n) is 23.2. The number of likely N-dealkylation sites (N-methyl/N-ethyl adjacent to an activating group) is 1. The molecule has 0 saturated carbocycles. The SMILES string of the molecule is CN1CCN(Cc2ccc(NC(=O)c3cncc(C#Cc4cnc5ccccn45)c3)cc2C(F)(F)F)CC1.C[NH-].[K+]. The summed E-state index contributed by atoms with van der Waals surface area (Å²) in [5, 5.41) is 2.57. The summed E-state index contributed by atoms with van der Waals surface area (Å²) in [6.45, 7) is 3.23. The Balaban J connectivity index is 0.00000151. The molecule has 208 valence electrons. The molecule has 0 spiro atoms. The van der Waals surface area contributed by atoms with Gasteiger partial charge in [0.1, 0.15) is 11.3 Å². The van der Waals surface area contributed by atoms with Crippen LogP contribution in [0.5, 0.6) is 0 Å². The largest absolute Gasteiger partial charge is 1.00 e. The van der Waals surface area contributed by atoms with E-state index in [0.717, 1.165) is 24.8 Å². The van der Waals surface area contributed by atoms with Crippen LogP contribution in [0.3, 0.4) is 0 Å². The number of benzene rings is 1. The van der Waals surface area contributed by atoms with Gasteiger partial charge in [0.25, 0.3) is 5.91 Å². The van der Waals surface area contributed by atoms with Crippen LogP contribution in [-0.4, -0.2) is 70.4 Å². The van der Waals surface area contributed by atoms with Crippen LogP contribution in [0.4, 0.5) is 18.9 Å². The van der Waals surface area contributed by atoms with Crippen molar-refractivity contribution in [2.75, 3.05) is 45.6 Å². The fourth-order valence-corrected chi connectivity index (χ4v) is 4.30. The third-order valence-corrected chi connectivity index (χ3v) is 6.42. The average molecular weight is 588 g/mol. The first-order valence-electron chi connectivity index (χ1n) is 12.6. The van der Waals surface area contributed by atoms with Gasteiger partial charge in [-0.05, 0) is 48.9 Å². The normalized spacial score (nSPS) is 13.8. The number of aromatic nitrogens is 3. The summed E-state index contributed by atoms with van der Waals surface area (Å²) in [7, 11) is 3.25. The number of carbonyl (C=O) groups is 1. The molecule has 0 aliphatic carbocycles. The minimum atomic E-state index is -4.54. The second-order valence-electron chi connectivity index (χ2n) is 9.19. The fourth-order valence-electron chi connectivity index (χ4n) is 4.30. The number of alkyl halides is 3. The third kappa shape index (κ3) is 8.70. The zero-order chi connectivity index (χ0) is 28.7. The number of nitrogens with one attached hydrogen (secondary N) is 2. The van der Waals surface area contributed by atoms with E-state index in [1.807, 2.05) is 40.7 Å². The van der Waals surface area contributed by atoms with Gasteiger partial charge in [-0.2, -0.15) is 20.2 Å². The number of pyridine rings is 2. The van der Waals surface area contributed by atoms with E-state index in [4.69, 9.17) is 5.73 Å². The fraction of sp³-hybridized carbons (Fsp3) is 0.276. The van der Waals surface area contributed by atoms with Crippen LogP contribution in [0.25, 0.3) is 11.4 Å². The van der Waals surface area contributed by atoms with E-state index < -0.39 is 17.6 Å². The molecular weight excluding hydrogens is 558 g/mol. The maximum Gasteiger partial charge on any atom is 1.00 e. The topological polar surface area (TPSA) is 89.6 Å². The van der Waals surface area contributed by atoms with Crippen molar-refractivity contribution in [1.82, 2.24) is 24.2 Å². The number of hydrogen-bond donors (Lipinski definition) is 1. The maximum absolute atomic E-state index is 13.9. The average Bonchev–Trinajstić information content (AvgIpc) is 3.38. The Morgan fingerprint density at radius 2 is 1.78 bits per heavy atom. The van der Waals surface area contributed by atoms with E-state index in [2.05, 4.69) is 32.0 Å². The van der Waals surface area contributed by atoms with Gasteiger partial charge in [-0.3, -0.25) is 19.1 Å². The van der Waals surface area contributed by atoms with Crippen LogP contribution in [0.1, 0.15) is 32.7 Å². The van der Waals surface area contributed by atoms with Crippen LogP contribution < -0.4 is 56.7 Å². The van der Waals surface area contributed by atoms with Gasteiger partial charge in [0.05, 0.1) is 17.3 Å². The summed E-state index contributed by atoms with van der Waals surface area (Å²) in [5.74, 6) is 5.41. The van der Waals surface area contributed by atoms with E-state index in [9.17, 15) is 18.0 Å². The Kier molecular flexibility index (Phi) is 12.1. The molecule has 3 aromatic heterocycles. The molecule has 1 fully saturated rings. The Bertz CT molecular complexity index is 1540. The molecule has 41 heavy (non-hydrogen) atoms. The monoisotopic (exact) mass is 587 g/mol. The number of anilines is 1. The van der Waals surface area contributed by atoms with Gasteiger partial charge in [0.2, 0.25) is 0 Å². The number of imidazole rings is 1. The second-order valence-corrected chi connectivity index (χ2v) is 9.19. The quantitative estimate of drug-likeness (QED) is 0.291. The molecule has 2 N–H and O–H groups in total. The number of carbonyl (C=O) groups excluding carboxylic acids is 1. The third-order valence-electron chi connectivity index (χ3n) is 6.42. The summed E-state index contributed by atoms with van der Waals surface area (Å²) in [6, 6.07) is 11.1. The molecule has 8 nitrogen and oxygen atoms in total. The molecule has 1 aliphatic rings. The van der Waals surface area contributed by atoms with Gasteiger partial charge in [-0.15, -0.1) is 0 Å². The number of nitrogens with zero attached hydrogens (tertiary/aromatic N) is 5. The van der Waals surface area contributed by atoms with Gasteiger partial charge >= 0.3 is 57.6 Å². The number of fused-ring (bicyclic) bond motifs is 1. The predicted octanol–water partition coefficient (Wildman–Crippen LogP) is 1.82. The molecule has 1 aliphatic heterocycles. The van der Waals surface area contributed by atoms with Gasteiger partial charge in [0, 0.05) is 62.6 Å². The minimum Gasteiger partial charge on any atom is -0.680 e. The molecule has 1 saturated heterocycles. The first-order valence-corrected chi connectivity index (χ1v) is 12.6. The smallest absolute Gasteiger partial charge is 0.680 e. The Morgan fingerprint density at radius 1 is 1.02 bits per heavy atom. The molecule has 12 heteroatoms. The van der Waals surface area contributed by atoms with Gasteiger partial charge in [-0.1, -0.05) is 18.1 Å². The number of amides is 1. The molecule has 0 bridgehead atoms. The van der Waals surface area contributed by atoms with E-state index in [-0.39, 0.29) is 74.7 Å². The standard InChI is InChI=1S/C28H25F3N6O.CH4N.K/c1-35-10-12-36(13-11-35)19-21-6-7-23(15-25(21)28(29,30)31)34-27(38)22-14-20(16-32-17-22)5-8-24-18-33-26-4-2-3-9-37(24)26;1-2;/h2-4,6-7,9,14-18H,10-13,19H2,1H3,(H,34,38);2H,1H3;/q;-1;+1. The first-order chi connectivity index (χ1) is 19.3. The molecule has 0 atom stereocenters. The number of hydrogen-bond acceptors (Lipinski definition) is 5. The number of rotatable bonds is 4. The van der Waals surface area contributed by atoms with Gasteiger partial charge in [0.15, 0.2) is 0 Å². The Morgan fingerprint density at radius 3 is 2.51 bits per heavy atom. The van der Waals surface area contributed by atoms with Crippen LogP contribution >= 0.6 is 0 Å². The molecule has 4 heterocycles. The first kappa shape index (κ1) is 32.9. The Labute approximate surface area is 279 Å². The summed E-state index contributed by atoms with van der Waals surface area (Å²) in [5.41, 5.74) is 7.35. The maximum atomic E-state index is 13.9. The van der Waals surface area contributed by atoms with Crippen LogP contribution in [-0.2, 0) is 12.7 Å². The van der Waals surface area contributed by atoms with Crippen LogP contribution in [0.2, 0.25) is 0 Å².